The van der Waals surface area contributed by atoms with Crippen LogP contribution in [0.5, 0.6) is 5.75 Å². The number of methoxy groups -OCH3 is 1. The summed E-state index contributed by atoms with van der Waals surface area (Å²) in [6, 6.07) is 10.4. The van der Waals surface area contributed by atoms with Gasteiger partial charge in [-0.1, -0.05) is 23.7 Å². The van der Waals surface area contributed by atoms with Crippen LogP contribution in [0.3, 0.4) is 0 Å². The highest BCUT2D eigenvalue weighted by atomic mass is 35.5. The summed E-state index contributed by atoms with van der Waals surface area (Å²) < 4.78 is 73.2. The Morgan fingerprint density at radius 1 is 1.05 bits per heavy atom. The molecule has 1 saturated carbocycles. The Kier molecular flexibility index (Phi) is 9.05. The van der Waals surface area contributed by atoms with Crippen LogP contribution in [0.2, 0.25) is 5.02 Å². The monoisotopic (exact) mass is 651 g/mol. The highest BCUT2D eigenvalue weighted by Gasteiger charge is 2.33. The molecular weight excluding hydrogens is 623 g/mol. The molecule has 4 aromatic rings. The normalized spacial score (nSPS) is 17.3. The smallest absolute Gasteiger partial charge is 0.266 e. The van der Waals surface area contributed by atoms with Gasteiger partial charge < -0.3 is 15.0 Å². The van der Waals surface area contributed by atoms with E-state index < -0.39 is 33.4 Å². The summed E-state index contributed by atoms with van der Waals surface area (Å²) in [5, 5.41) is 8.14. The minimum Gasteiger partial charge on any atom is -0.496 e. The number of hydrogen-bond donors (Lipinski definition) is 2. The fourth-order valence-electron chi connectivity index (χ4n) is 5.57. The van der Waals surface area contributed by atoms with Gasteiger partial charge in [0, 0.05) is 29.8 Å². The third-order valence-corrected chi connectivity index (χ3v) is 10.5. The number of sulfonamides is 1. The maximum atomic E-state index is 15.1. The number of fused-ring (bicyclic) bond motifs is 1. The molecule has 3 aromatic carbocycles. The third kappa shape index (κ3) is 6.25. The van der Waals surface area contributed by atoms with Crippen molar-refractivity contribution >= 4 is 49.0 Å². The molecule has 1 aromatic heterocycles. The molecule has 228 valence electrons. The fraction of sp³-hybridized carbons (Fsp3) is 0.300. The van der Waals surface area contributed by atoms with E-state index >= 15 is 4.39 Å². The summed E-state index contributed by atoms with van der Waals surface area (Å²) in [5.74, 6) is -2.22. The predicted octanol–water partition coefficient (Wildman–Crippen LogP) is 6.47. The predicted molar refractivity (Wildman–Crippen MR) is 161 cm³/mol. The van der Waals surface area contributed by atoms with Crippen molar-refractivity contribution in [3.63, 3.8) is 0 Å². The second kappa shape index (κ2) is 12.4. The summed E-state index contributed by atoms with van der Waals surface area (Å²) in [6.07, 6.45) is 2.97. The molecule has 43 heavy (non-hydrogen) atoms. The average molecular weight is 652 g/mol. The number of nitrogens with one attached hydrogen (secondary N) is 1. The van der Waals surface area contributed by atoms with Crippen LogP contribution >= 0.6 is 22.9 Å². The molecule has 0 atom stereocenters. The highest BCUT2D eigenvalue weighted by molar-refractivity contribution is 7.89. The number of benzene rings is 3. The van der Waals surface area contributed by atoms with Gasteiger partial charge >= 0.3 is 0 Å². The number of nitrogens with zero attached hydrogens (tertiary/aromatic N) is 1. The standard InChI is InChI=1S/C30H29ClF3N3O4S2/c1-36-18-4-6-19(7-5-18)37(30(38)29-27(31)26-22(32)10-11-23(33)28(26)42-29)15-17-13-16(3-12-25(17)41-2)21-9-8-20(14-24(21)34)43(35,39)40/h3,8-14,18-19,36H,4-7,15H2,1-2H3,(H2,35,39,40). The van der Waals surface area contributed by atoms with Gasteiger partial charge in [-0.25, -0.2) is 26.7 Å². The van der Waals surface area contributed by atoms with Gasteiger partial charge in [0.15, 0.2) is 0 Å². The zero-order chi connectivity index (χ0) is 31.1. The Balaban J connectivity index is 1.57. The lowest BCUT2D eigenvalue weighted by Crippen LogP contribution is -2.44. The van der Waals surface area contributed by atoms with Crippen molar-refractivity contribution in [2.75, 3.05) is 14.2 Å². The number of ether oxygens (including phenoxy) is 1. The lowest BCUT2D eigenvalue weighted by Gasteiger charge is -2.37. The van der Waals surface area contributed by atoms with Crippen LogP contribution in [0.1, 0.15) is 40.9 Å². The lowest BCUT2D eigenvalue weighted by atomic mass is 9.89. The SMILES string of the molecule is CNC1CCC(N(Cc2cc(-c3ccc(S(N)(=O)=O)cc3F)ccc2OC)C(=O)c2sc3c(F)ccc(F)c3c2Cl)CC1. The summed E-state index contributed by atoms with van der Waals surface area (Å²) in [6.45, 7) is 0.0388. The van der Waals surface area contributed by atoms with Gasteiger partial charge in [-0.3, -0.25) is 4.79 Å². The van der Waals surface area contributed by atoms with E-state index in [-0.39, 0.29) is 43.0 Å². The van der Waals surface area contributed by atoms with E-state index in [0.717, 1.165) is 42.4 Å². The van der Waals surface area contributed by atoms with Crippen molar-refractivity contribution in [3.8, 4) is 16.9 Å². The molecule has 0 spiro atoms. The van der Waals surface area contributed by atoms with Gasteiger partial charge in [-0.2, -0.15) is 0 Å². The van der Waals surface area contributed by atoms with E-state index in [0.29, 0.717) is 35.8 Å². The van der Waals surface area contributed by atoms with Gasteiger partial charge in [0.25, 0.3) is 5.91 Å². The molecule has 3 N–H and O–H groups in total. The molecule has 1 aliphatic rings. The molecule has 5 rings (SSSR count). The molecule has 1 heterocycles. The first-order valence-electron chi connectivity index (χ1n) is 13.5. The first kappa shape index (κ1) is 31.3. The number of carbonyl (C=O) groups excluding carboxylic acids is 1. The Bertz CT molecular complexity index is 1810. The van der Waals surface area contributed by atoms with Gasteiger partial charge in [0.2, 0.25) is 10.0 Å². The Morgan fingerprint density at radius 2 is 1.74 bits per heavy atom. The molecule has 0 saturated heterocycles. The number of thiophene rings is 1. The molecule has 0 bridgehead atoms. The summed E-state index contributed by atoms with van der Waals surface area (Å²) >= 11 is 7.32. The molecule has 0 radical (unpaired) electrons. The molecule has 13 heteroatoms. The van der Waals surface area contributed by atoms with Crippen molar-refractivity contribution in [1.82, 2.24) is 10.2 Å². The summed E-state index contributed by atoms with van der Waals surface area (Å²) in [7, 11) is -0.739. The van der Waals surface area contributed by atoms with Crippen LogP contribution in [-0.4, -0.2) is 45.5 Å². The van der Waals surface area contributed by atoms with Gasteiger partial charge in [-0.15, -0.1) is 11.3 Å². The second-order valence-electron chi connectivity index (χ2n) is 10.4. The number of amides is 1. The Morgan fingerprint density at radius 3 is 2.35 bits per heavy atom. The molecule has 1 fully saturated rings. The van der Waals surface area contributed by atoms with Gasteiger partial charge in [0.05, 0.1) is 27.1 Å². The Labute approximate surface area is 256 Å². The number of primary sulfonamides is 1. The van der Waals surface area contributed by atoms with Crippen LogP contribution in [0, 0.1) is 17.5 Å². The maximum Gasteiger partial charge on any atom is 0.266 e. The minimum absolute atomic E-state index is 0.0242. The van der Waals surface area contributed by atoms with E-state index in [1.165, 1.54) is 19.2 Å². The van der Waals surface area contributed by atoms with Crippen molar-refractivity contribution < 1.29 is 31.1 Å². The molecule has 0 unspecified atom stereocenters. The van der Waals surface area contributed by atoms with Crippen molar-refractivity contribution in [2.45, 2.75) is 49.2 Å². The minimum atomic E-state index is -4.10. The summed E-state index contributed by atoms with van der Waals surface area (Å²) in [5.41, 5.74) is 1.10. The second-order valence-corrected chi connectivity index (χ2v) is 13.4. The largest absolute Gasteiger partial charge is 0.496 e. The quantitative estimate of drug-likeness (QED) is 0.228. The van der Waals surface area contributed by atoms with Crippen molar-refractivity contribution in [3.05, 3.63) is 81.4 Å². The number of halogens is 4. The molecule has 1 amide bonds. The number of hydrogen-bond acceptors (Lipinski definition) is 6. The van der Waals surface area contributed by atoms with Crippen LogP contribution < -0.4 is 15.2 Å². The van der Waals surface area contributed by atoms with Gasteiger partial charge in [-0.05, 0) is 74.7 Å². The number of carbonyl (C=O) groups is 1. The van der Waals surface area contributed by atoms with Crippen LogP contribution in [0.4, 0.5) is 13.2 Å². The van der Waals surface area contributed by atoms with E-state index in [4.69, 9.17) is 21.5 Å². The average Bonchev–Trinajstić information content (AvgIpc) is 3.35. The lowest BCUT2D eigenvalue weighted by molar-refractivity contribution is 0.0604. The zero-order valence-corrected chi connectivity index (χ0v) is 25.7. The topological polar surface area (TPSA) is 102 Å². The first-order valence-corrected chi connectivity index (χ1v) is 16.2. The van der Waals surface area contributed by atoms with Crippen LogP contribution in [0.25, 0.3) is 21.2 Å². The van der Waals surface area contributed by atoms with Crippen molar-refractivity contribution in [1.29, 1.82) is 0 Å². The zero-order valence-electron chi connectivity index (χ0n) is 23.3. The molecule has 0 aliphatic heterocycles. The van der Waals surface area contributed by atoms with Crippen LogP contribution in [-0.2, 0) is 16.6 Å². The fourth-order valence-corrected chi connectivity index (χ4v) is 7.60. The summed E-state index contributed by atoms with van der Waals surface area (Å²) in [4.78, 5) is 15.5. The number of nitrogens with two attached hydrogens (primary N) is 1. The first-order chi connectivity index (χ1) is 20.4. The van der Waals surface area contributed by atoms with E-state index in [1.54, 1.807) is 23.1 Å². The van der Waals surface area contributed by atoms with E-state index in [2.05, 4.69) is 5.32 Å². The molecular formula is C30H29ClF3N3O4S2. The third-order valence-electron chi connectivity index (χ3n) is 7.88. The molecule has 1 aliphatic carbocycles. The Hall–Kier alpha value is -3.16. The van der Waals surface area contributed by atoms with Crippen LogP contribution in [0.15, 0.2) is 53.4 Å². The molecule has 7 nitrogen and oxygen atoms in total. The van der Waals surface area contributed by atoms with Crippen molar-refractivity contribution in [2.24, 2.45) is 5.14 Å². The maximum absolute atomic E-state index is 15.1. The number of rotatable bonds is 8. The van der Waals surface area contributed by atoms with E-state index in [1.807, 2.05) is 7.05 Å². The van der Waals surface area contributed by atoms with E-state index in [9.17, 15) is 22.0 Å². The van der Waals surface area contributed by atoms with Gasteiger partial charge in [0.1, 0.15) is 28.1 Å². The highest BCUT2D eigenvalue weighted by Crippen LogP contribution is 2.41.